The van der Waals surface area contributed by atoms with Crippen molar-refractivity contribution in [3.8, 4) is 11.4 Å². The van der Waals surface area contributed by atoms with Crippen LogP contribution in [-0.2, 0) is 0 Å². The molecule has 7 heteroatoms. The Labute approximate surface area is 132 Å². The first kappa shape index (κ1) is 13.8. The van der Waals surface area contributed by atoms with Gasteiger partial charge in [-0.2, -0.15) is 0 Å². The lowest BCUT2D eigenvalue weighted by molar-refractivity contribution is 0.0672. The van der Waals surface area contributed by atoms with Crippen molar-refractivity contribution in [2.24, 2.45) is 0 Å². The molecule has 2 aromatic rings. The Bertz CT molecular complexity index is 827. The highest BCUT2D eigenvalue weighted by atomic mass is 16.5. The molecule has 1 fully saturated rings. The number of benzene rings is 1. The lowest BCUT2D eigenvalue weighted by atomic mass is 10.1. The fourth-order valence-corrected chi connectivity index (χ4v) is 3.58. The van der Waals surface area contributed by atoms with Crippen LogP contribution in [0.3, 0.4) is 0 Å². The zero-order chi connectivity index (χ0) is 16.1. The predicted octanol–water partition coefficient (Wildman–Crippen LogP) is 1.87. The van der Waals surface area contributed by atoms with Crippen LogP contribution in [0.4, 0.5) is 0 Å². The fourth-order valence-electron chi connectivity index (χ4n) is 3.58. The van der Waals surface area contributed by atoms with Gasteiger partial charge in [-0.3, -0.25) is 9.36 Å². The van der Waals surface area contributed by atoms with E-state index in [0.717, 1.165) is 12.8 Å². The summed E-state index contributed by atoms with van der Waals surface area (Å²) in [6.07, 6.45) is 3.05. The molecule has 0 bridgehead atoms. The normalized spacial score (nSPS) is 18.9. The summed E-state index contributed by atoms with van der Waals surface area (Å²) < 4.78 is 7.08. The van der Waals surface area contributed by atoms with Gasteiger partial charge < -0.3 is 14.7 Å². The van der Waals surface area contributed by atoms with Gasteiger partial charge in [0.15, 0.2) is 5.69 Å². The highest BCUT2D eigenvalue weighted by Crippen LogP contribution is 2.41. The van der Waals surface area contributed by atoms with Crippen LogP contribution in [0.1, 0.15) is 45.4 Å². The molecule has 1 atom stereocenters. The molecule has 0 aliphatic carbocycles. The number of carbonyl (C=O) groups is 2. The Morgan fingerprint density at radius 3 is 3.00 bits per heavy atom. The first-order valence-electron chi connectivity index (χ1n) is 7.42. The third kappa shape index (κ3) is 1.79. The molecule has 0 radical (unpaired) electrons. The topological polar surface area (TPSA) is 84.7 Å². The van der Waals surface area contributed by atoms with Crippen molar-refractivity contribution >= 4 is 11.9 Å². The van der Waals surface area contributed by atoms with Crippen LogP contribution in [0.5, 0.6) is 5.75 Å². The SMILES string of the molecule is COc1cccc2c1C(=O)N1CCC[C@H]1c1c(C(=O)O)ncn1-2. The van der Waals surface area contributed by atoms with E-state index in [1.54, 1.807) is 27.7 Å². The van der Waals surface area contributed by atoms with E-state index in [9.17, 15) is 14.7 Å². The Kier molecular flexibility index (Phi) is 2.90. The Balaban J connectivity index is 2.06. The average Bonchev–Trinajstić information content (AvgIpc) is 3.17. The molecule has 4 rings (SSSR count). The van der Waals surface area contributed by atoms with Crippen LogP contribution in [0.2, 0.25) is 0 Å². The molecular formula is C16H15N3O4. The van der Waals surface area contributed by atoms with Crippen molar-refractivity contribution in [2.45, 2.75) is 18.9 Å². The zero-order valence-electron chi connectivity index (χ0n) is 12.5. The number of rotatable bonds is 2. The minimum absolute atomic E-state index is 0.00497. The number of carbonyl (C=O) groups excluding carboxylic acids is 1. The third-order valence-electron chi connectivity index (χ3n) is 4.53. The Hall–Kier alpha value is -2.83. The van der Waals surface area contributed by atoms with E-state index < -0.39 is 5.97 Å². The second-order valence-electron chi connectivity index (χ2n) is 5.66. The summed E-state index contributed by atoms with van der Waals surface area (Å²) in [4.78, 5) is 30.4. The van der Waals surface area contributed by atoms with Gasteiger partial charge in [0.05, 0.1) is 24.5 Å². The maximum atomic E-state index is 13.0. The van der Waals surface area contributed by atoms with Crippen LogP contribution < -0.4 is 4.74 Å². The maximum absolute atomic E-state index is 13.0. The number of aromatic carboxylic acids is 1. The second-order valence-corrected chi connectivity index (χ2v) is 5.66. The van der Waals surface area contributed by atoms with Gasteiger partial charge in [0.1, 0.15) is 17.6 Å². The number of hydrogen-bond acceptors (Lipinski definition) is 4. The number of nitrogens with zero attached hydrogens (tertiary/aromatic N) is 3. The Morgan fingerprint density at radius 1 is 1.43 bits per heavy atom. The molecule has 2 aliphatic heterocycles. The van der Waals surface area contributed by atoms with E-state index >= 15 is 0 Å². The monoisotopic (exact) mass is 313 g/mol. The van der Waals surface area contributed by atoms with Crippen molar-refractivity contribution in [1.82, 2.24) is 14.5 Å². The van der Waals surface area contributed by atoms with Crippen molar-refractivity contribution < 1.29 is 19.4 Å². The lowest BCUT2D eigenvalue weighted by Crippen LogP contribution is -2.30. The first-order valence-corrected chi connectivity index (χ1v) is 7.42. The molecule has 3 heterocycles. The predicted molar refractivity (Wildman–Crippen MR) is 80.1 cm³/mol. The molecule has 1 saturated heterocycles. The summed E-state index contributed by atoms with van der Waals surface area (Å²) in [5, 5.41) is 9.45. The summed E-state index contributed by atoms with van der Waals surface area (Å²) in [6.45, 7) is 0.602. The summed E-state index contributed by atoms with van der Waals surface area (Å²) in [5.41, 5.74) is 1.63. The number of fused-ring (bicyclic) bond motifs is 5. The molecule has 0 unspecified atom stereocenters. The van der Waals surface area contributed by atoms with E-state index in [1.165, 1.54) is 13.4 Å². The van der Waals surface area contributed by atoms with Gasteiger partial charge in [0, 0.05) is 6.54 Å². The third-order valence-corrected chi connectivity index (χ3v) is 4.53. The van der Waals surface area contributed by atoms with E-state index in [1.807, 2.05) is 0 Å². The molecule has 118 valence electrons. The highest BCUT2D eigenvalue weighted by molar-refractivity contribution is 6.02. The van der Waals surface area contributed by atoms with Crippen molar-refractivity contribution in [3.05, 3.63) is 41.5 Å². The number of amides is 1. The van der Waals surface area contributed by atoms with Gasteiger partial charge in [-0.15, -0.1) is 0 Å². The van der Waals surface area contributed by atoms with Gasteiger partial charge in [-0.25, -0.2) is 9.78 Å². The summed E-state index contributed by atoms with van der Waals surface area (Å²) in [7, 11) is 1.52. The number of aromatic nitrogens is 2. The van der Waals surface area contributed by atoms with Crippen molar-refractivity contribution in [2.75, 3.05) is 13.7 Å². The number of hydrogen-bond donors (Lipinski definition) is 1. The van der Waals surface area contributed by atoms with E-state index in [2.05, 4.69) is 4.98 Å². The average molecular weight is 313 g/mol. The van der Waals surface area contributed by atoms with Crippen LogP contribution in [-0.4, -0.2) is 45.1 Å². The quantitative estimate of drug-likeness (QED) is 0.915. The molecule has 0 saturated carbocycles. The zero-order valence-corrected chi connectivity index (χ0v) is 12.5. The van der Waals surface area contributed by atoms with Crippen LogP contribution in [0, 0.1) is 0 Å². The highest BCUT2D eigenvalue weighted by Gasteiger charge is 2.41. The van der Waals surface area contributed by atoms with Crippen molar-refractivity contribution in [1.29, 1.82) is 0 Å². The standard InChI is InChI=1S/C16H15N3O4/c1-23-11-6-2-4-9-12(11)15(20)18-7-3-5-10(18)14-13(16(21)22)17-8-19(9)14/h2,4,6,8,10H,3,5,7H2,1H3,(H,21,22)/t10-/m0/s1. The number of carboxylic acids is 1. The van der Waals surface area contributed by atoms with Gasteiger partial charge >= 0.3 is 5.97 Å². The lowest BCUT2D eigenvalue weighted by Gasteiger charge is -2.22. The smallest absolute Gasteiger partial charge is 0.356 e. The maximum Gasteiger partial charge on any atom is 0.356 e. The van der Waals surface area contributed by atoms with E-state index in [4.69, 9.17) is 4.74 Å². The summed E-state index contributed by atoms with van der Waals surface area (Å²) in [6, 6.07) is 5.04. The second kappa shape index (κ2) is 4.84. The fraction of sp³-hybridized carbons (Fsp3) is 0.312. The van der Waals surface area contributed by atoms with Gasteiger partial charge in [0.25, 0.3) is 5.91 Å². The molecule has 2 aliphatic rings. The van der Waals surface area contributed by atoms with Crippen LogP contribution in [0.15, 0.2) is 24.5 Å². The van der Waals surface area contributed by atoms with E-state index in [-0.39, 0.29) is 17.6 Å². The molecule has 7 nitrogen and oxygen atoms in total. The van der Waals surface area contributed by atoms with E-state index in [0.29, 0.717) is 29.2 Å². The van der Waals surface area contributed by atoms with Gasteiger partial charge in [-0.05, 0) is 25.0 Å². The number of imidazole rings is 1. The molecule has 1 aromatic heterocycles. The summed E-state index contributed by atoms with van der Waals surface area (Å²) >= 11 is 0. The summed E-state index contributed by atoms with van der Waals surface area (Å²) in [5.74, 6) is -0.721. The molecule has 1 amide bonds. The minimum Gasteiger partial charge on any atom is -0.496 e. The largest absolute Gasteiger partial charge is 0.496 e. The molecule has 1 aromatic carbocycles. The number of methoxy groups -OCH3 is 1. The van der Waals surface area contributed by atoms with Crippen LogP contribution >= 0.6 is 0 Å². The molecule has 0 spiro atoms. The van der Waals surface area contributed by atoms with Crippen LogP contribution in [0.25, 0.3) is 5.69 Å². The number of carboxylic acid groups (broad SMARTS) is 1. The molecule has 23 heavy (non-hydrogen) atoms. The number of ether oxygens (including phenoxy) is 1. The minimum atomic E-state index is -1.08. The first-order chi connectivity index (χ1) is 11.1. The Morgan fingerprint density at radius 2 is 2.26 bits per heavy atom. The van der Waals surface area contributed by atoms with Crippen molar-refractivity contribution in [3.63, 3.8) is 0 Å². The van der Waals surface area contributed by atoms with Gasteiger partial charge in [-0.1, -0.05) is 6.07 Å². The molecule has 1 N–H and O–H groups in total. The molecular weight excluding hydrogens is 298 g/mol. The van der Waals surface area contributed by atoms with Gasteiger partial charge in [0.2, 0.25) is 0 Å².